The molecule has 2 fully saturated rings. The van der Waals surface area contributed by atoms with Crippen LogP contribution in [0.15, 0.2) is 52.2 Å². The second kappa shape index (κ2) is 6.45. The molecular weight excluding hydrogens is 344 g/mol. The van der Waals surface area contributed by atoms with E-state index in [1.54, 1.807) is 11.8 Å². The minimum Gasteiger partial charge on any atom is -0.386 e. The number of benzene rings is 1. The van der Waals surface area contributed by atoms with Crippen LogP contribution in [-0.4, -0.2) is 44.0 Å². The average Bonchev–Trinajstić information content (AvgIpc) is 2.87. The fourth-order valence-electron chi connectivity index (χ4n) is 3.23. The lowest BCUT2D eigenvalue weighted by molar-refractivity contribution is -0.100. The van der Waals surface area contributed by atoms with Crippen molar-refractivity contribution in [1.82, 2.24) is 9.55 Å². The highest BCUT2D eigenvalue weighted by Crippen LogP contribution is 2.48. The van der Waals surface area contributed by atoms with Crippen LogP contribution in [0.4, 0.5) is 0 Å². The third kappa shape index (κ3) is 2.95. The monoisotopic (exact) mass is 362 g/mol. The summed E-state index contributed by atoms with van der Waals surface area (Å²) in [5.41, 5.74) is -0.706. The molecule has 1 aromatic heterocycles. The van der Waals surface area contributed by atoms with Crippen molar-refractivity contribution in [3.8, 4) is 0 Å². The molecule has 132 valence electrons. The number of rotatable bonds is 4. The minimum atomic E-state index is -1.01. The van der Waals surface area contributed by atoms with Gasteiger partial charge in [-0.2, -0.15) is 11.8 Å². The fourth-order valence-corrected chi connectivity index (χ4v) is 4.30. The normalized spacial score (nSPS) is 27.3. The van der Waals surface area contributed by atoms with Crippen LogP contribution in [0, 0.1) is 0 Å². The number of aliphatic hydroxyl groups excluding tert-OH is 1. The largest absolute Gasteiger partial charge is 0.386 e. The lowest BCUT2D eigenvalue weighted by atomic mass is 9.98. The van der Waals surface area contributed by atoms with Gasteiger partial charge in [-0.3, -0.25) is 14.3 Å². The molecule has 2 aliphatic heterocycles. The van der Waals surface area contributed by atoms with Crippen molar-refractivity contribution in [1.29, 1.82) is 0 Å². The smallest absolute Gasteiger partial charge is 0.330 e. The SMILES string of the molecule is O=c1ccn([C@@H]2OC3(CSC3)[C@H](OCc3ccccc3)[C@H]2O)c(=O)[nH]1. The summed E-state index contributed by atoms with van der Waals surface area (Å²) in [7, 11) is 0. The molecule has 0 saturated carbocycles. The van der Waals surface area contributed by atoms with Crippen LogP contribution >= 0.6 is 11.8 Å². The first-order valence-electron chi connectivity index (χ1n) is 8.00. The van der Waals surface area contributed by atoms with Crippen LogP contribution in [0.1, 0.15) is 11.8 Å². The molecule has 2 saturated heterocycles. The van der Waals surface area contributed by atoms with Crippen molar-refractivity contribution in [3.05, 3.63) is 69.0 Å². The molecule has 0 radical (unpaired) electrons. The van der Waals surface area contributed by atoms with E-state index in [0.29, 0.717) is 18.1 Å². The molecule has 2 aromatic rings. The Morgan fingerprint density at radius 1 is 1.28 bits per heavy atom. The third-order valence-electron chi connectivity index (χ3n) is 4.57. The molecule has 8 heteroatoms. The quantitative estimate of drug-likeness (QED) is 0.823. The highest BCUT2D eigenvalue weighted by atomic mass is 32.2. The summed E-state index contributed by atoms with van der Waals surface area (Å²) >= 11 is 1.70. The van der Waals surface area contributed by atoms with E-state index in [1.165, 1.54) is 16.8 Å². The predicted molar refractivity (Wildman–Crippen MR) is 92.5 cm³/mol. The number of thioether (sulfide) groups is 1. The van der Waals surface area contributed by atoms with Gasteiger partial charge in [0.1, 0.15) is 17.8 Å². The number of ether oxygens (including phenoxy) is 2. The average molecular weight is 362 g/mol. The zero-order chi connectivity index (χ0) is 17.4. The Morgan fingerprint density at radius 2 is 2.04 bits per heavy atom. The van der Waals surface area contributed by atoms with Gasteiger partial charge in [0.25, 0.3) is 5.56 Å². The number of H-pyrrole nitrogens is 1. The first-order chi connectivity index (χ1) is 12.1. The maximum Gasteiger partial charge on any atom is 0.330 e. The van der Waals surface area contributed by atoms with Crippen LogP contribution in [0.25, 0.3) is 0 Å². The molecule has 0 amide bonds. The van der Waals surface area contributed by atoms with Gasteiger partial charge in [0.05, 0.1) is 6.61 Å². The Bertz CT molecular complexity index is 861. The predicted octanol–water partition coefficient (Wildman–Crippen LogP) is 0.497. The van der Waals surface area contributed by atoms with Crippen molar-refractivity contribution < 1.29 is 14.6 Å². The van der Waals surface area contributed by atoms with Crippen molar-refractivity contribution in [2.75, 3.05) is 11.5 Å². The summed E-state index contributed by atoms with van der Waals surface area (Å²) in [5.74, 6) is 1.39. The lowest BCUT2D eigenvalue weighted by Gasteiger charge is -2.41. The molecule has 1 spiro atoms. The summed E-state index contributed by atoms with van der Waals surface area (Å²) in [6.45, 7) is 0.353. The van der Waals surface area contributed by atoms with E-state index in [1.807, 2.05) is 30.3 Å². The number of aromatic nitrogens is 2. The van der Waals surface area contributed by atoms with Gasteiger partial charge in [-0.1, -0.05) is 30.3 Å². The van der Waals surface area contributed by atoms with Gasteiger partial charge in [0, 0.05) is 23.8 Å². The summed E-state index contributed by atoms with van der Waals surface area (Å²) in [4.78, 5) is 25.5. The van der Waals surface area contributed by atoms with Crippen molar-refractivity contribution in [2.24, 2.45) is 0 Å². The topological polar surface area (TPSA) is 93.5 Å². The first-order valence-corrected chi connectivity index (χ1v) is 9.15. The second-order valence-corrected chi connectivity index (χ2v) is 7.28. The molecule has 0 bridgehead atoms. The van der Waals surface area contributed by atoms with Gasteiger partial charge >= 0.3 is 5.69 Å². The van der Waals surface area contributed by atoms with E-state index < -0.39 is 35.3 Å². The molecule has 2 aliphatic rings. The van der Waals surface area contributed by atoms with Crippen LogP contribution in [0.5, 0.6) is 0 Å². The molecule has 1 aromatic carbocycles. The summed E-state index contributed by atoms with van der Waals surface area (Å²) in [5, 5.41) is 10.8. The number of nitrogens with zero attached hydrogens (tertiary/aromatic N) is 1. The summed E-state index contributed by atoms with van der Waals surface area (Å²) in [6, 6.07) is 10.9. The maximum absolute atomic E-state index is 12.0. The van der Waals surface area contributed by atoms with Crippen LogP contribution in [-0.2, 0) is 16.1 Å². The minimum absolute atomic E-state index is 0.353. The van der Waals surface area contributed by atoms with Gasteiger partial charge < -0.3 is 14.6 Å². The van der Waals surface area contributed by atoms with Gasteiger partial charge in [-0.25, -0.2) is 4.79 Å². The molecular formula is C17H18N2O5S. The van der Waals surface area contributed by atoms with Gasteiger partial charge in [-0.05, 0) is 5.56 Å². The molecule has 0 aliphatic carbocycles. The van der Waals surface area contributed by atoms with E-state index in [9.17, 15) is 14.7 Å². The molecule has 4 rings (SSSR count). The Kier molecular flexibility index (Phi) is 4.28. The molecule has 3 heterocycles. The van der Waals surface area contributed by atoms with Crippen LogP contribution < -0.4 is 11.2 Å². The number of nitrogens with one attached hydrogen (secondary N) is 1. The number of aromatic amines is 1. The number of hydrogen-bond donors (Lipinski definition) is 2. The molecule has 3 atom stereocenters. The van der Waals surface area contributed by atoms with Crippen molar-refractivity contribution in [3.63, 3.8) is 0 Å². The van der Waals surface area contributed by atoms with Gasteiger partial charge in [-0.15, -0.1) is 0 Å². The Hall–Kier alpha value is -1.87. The van der Waals surface area contributed by atoms with E-state index in [2.05, 4.69) is 4.98 Å². The number of aliphatic hydroxyl groups is 1. The van der Waals surface area contributed by atoms with Crippen molar-refractivity contribution >= 4 is 11.8 Å². The highest BCUT2D eigenvalue weighted by molar-refractivity contribution is 8.00. The molecule has 0 unspecified atom stereocenters. The maximum atomic E-state index is 12.0. The lowest BCUT2D eigenvalue weighted by Crippen LogP contribution is -2.54. The molecule has 2 N–H and O–H groups in total. The van der Waals surface area contributed by atoms with Gasteiger partial charge in [0.2, 0.25) is 0 Å². The Balaban J connectivity index is 1.58. The summed E-state index contributed by atoms with van der Waals surface area (Å²) in [6.07, 6.45) is -1.09. The Morgan fingerprint density at radius 3 is 2.68 bits per heavy atom. The fraction of sp³-hybridized carbons (Fsp3) is 0.412. The van der Waals surface area contributed by atoms with E-state index in [-0.39, 0.29) is 0 Å². The van der Waals surface area contributed by atoms with E-state index >= 15 is 0 Å². The number of hydrogen-bond acceptors (Lipinski definition) is 6. The standard InChI is InChI=1S/C17H18N2O5S/c20-12-6-7-19(16(22)18-12)15-13(21)14(17(24-15)9-25-10-17)23-8-11-4-2-1-3-5-11/h1-7,13-15,21H,8-10H2,(H,18,20,22)/t13-,14-,15-/m1/s1. The van der Waals surface area contributed by atoms with E-state index in [4.69, 9.17) is 9.47 Å². The van der Waals surface area contributed by atoms with Crippen LogP contribution in [0.2, 0.25) is 0 Å². The van der Waals surface area contributed by atoms with Gasteiger partial charge in [0.15, 0.2) is 6.23 Å². The summed E-state index contributed by atoms with van der Waals surface area (Å²) < 4.78 is 13.3. The third-order valence-corrected chi connectivity index (χ3v) is 5.95. The molecule has 25 heavy (non-hydrogen) atoms. The zero-order valence-corrected chi connectivity index (χ0v) is 14.1. The highest BCUT2D eigenvalue weighted by Gasteiger charge is 2.59. The van der Waals surface area contributed by atoms with Crippen molar-refractivity contribution in [2.45, 2.75) is 30.6 Å². The Labute approximate surface area is 147 Å². The van der Waals surface area contributed by atoms with E-state index in [0.717, 1.165) is 5.56 Å². The second-order valence-electron chi connectivity index (χ2n) is 6.29. The zero-order valence-electron chi connectivity index (χ0n) is 13.3. The first kappa shape index (κ1) is 16.6. The van der Waals surface area contributed by atoms with Crippen LogP contribution in [0.3, 0.4) is 0 Å². The molecule has 7 nitrogen and oxygen atoms in total.